The molecule has 6 heteroatoms. The number of aromatic carboxylic acids is 1. The van der Waals surface area contributed by atoms with Crippen LogP contribution in [0.3, 0.4) is 0 Å². The first-order valence-electron chi connectivity index (χ1n) is 6.10. The number of hydrogen-bond acceptors (Lipinski definition) is 5. The molecular weight excluding hydrogens is 236 g/mol. The minimum Gasteiger partial charge on any atom is -0.475 e. The Hall–Kier alpha value is -1.53. The van der Waals surface area contributed by atoms with Gasteiger partial charge in [-0.25, -0.2) is 4.79 Å². The number of anilines is 1. The molecule has 1 saturated heterocycles. The molecule has 0 radical (unpaired) electrons. The van der Waals surface area contributed by atoms with E-state index in [1.54, 1.807) is 6.07 Å². The van der Waals surface area contributed by atoms with Crippen LogP contribution in [0.25, 0.3) is 0 Å². The number of morpholine rings is 1. The average molecular weight is 254 g/mol. The number of ether oxygens (including phenoxy) is 1. The van der Waals surface area contributed by atoms with Crippen LogP contribution in [0.4, 0.5) is 5.88 Å². The molecule has 0 bridgehead atoms. The summed E-state index contributed by atoms with van der Waals surface area (Å²) in [6.07, 6.45) is 0.108. The average Bonchev–Trinajstić information content (AvgIpc) is 2.85. The van der Waals surface area contributed by atoms with Crippen molar-refractivity contribution in [2.24, 2.45) is 0 Å². The molecule has 1 atom stereocenters. The molecule has 6 nitrogen and oxygen atoms in total. The van der Waals surface area contributed by atoms with Crippen LogP contribution in [-0.2, 0) is 4.74 Å². The Kier molecular flexibility index (Phi) is 4.22. The minimum atomic E-state index is -1.06. The molecule has 0 spiro atoms. The fraction of sp³-hybridized carbons (Fsp3) is 0.583. The Morgan fingerprint density at radius 2 is 2.44 bits per heavy atom. The summed E-state index contributed by atoms with van der Waals surface area (Å²) in [5.74, 6) is -0.656. The molecule has 2 rings (SSSR count). The van der Waals surface area contributed by atoms with Gasteiger partial charge >= 0.3 is 5.97 Å². The third-order valence-electron chi connectivity index (χ3n) is 2.99. The van der Waals surface area contributed by atoms with Crippen LogP contribution in [0.5, 0.6) is 0 Å². The molecule has 1 fully saturated rings. The van der Waals surface area contributed by atoms with Gasteiger partial charge in [0.2, 0.25) is 5.76 Å². The Labute approximate surface area is 106 Å². The van der Waals surface area contributed by atoms with Gasteiger partial charge in [-0.05, 0) is 12.6 Å². The van der Waals surface area contributed by atoms with Crippen molar-refractivity contribution in [3.8, 4) is 0 Å². The van der Waals surface area contributed by atoms with Gasteiger partial charge in [-0.15, -0.1) is 0 Å². The van der Waals surface area contributed by atoms with Crippen LogP contribution < -0.4 is 5.32 Å². The van der Waals surface area contributed by atoms with Crippen molar-refractivity contribution in [1.29, 1.82) is 0 Å². The molecule has 0 amide bonds. The quantitative estimate of drug-likeness (QED) is 0.820. The van der Waals surface area contributed by atoms with Gasteiger partial charge in [-0.1, -0.05) is 6.92 Å². The second kappa shape index (κ2) is 5.88. The number of furan rings is 1. The van der Waals surface area contributed by atoms with Crippen LogP contribution in [0.2, 0.25) is 0 Å². The Morgan fingerprint density at radius 1 is 1.61 bits per heavy atom. The second-order valence-corrected chi connectivity index (χ2v) is 4.24. The molecule has 1 aliphatic heterocycles. The number of hydrogen-bond donors (Lipinski definition) is 2. The van der Waals surface area contributed by atoms with Crippen molar-refractivity contribution in [3.63, 3.8) is 0 Å². The lowest BCUT2D eigenvalue weighted by Crippen LogP contribution is -2.45. The van der Waals surface area contributed by atoms with Crippen LogP contribution in [0.15, 0.2) is 16.5 Å². The van der Waals surface area contributed by atoms with Crippen LogP contribution in [0, 0.1) is 0 Å². The number of carbonyl (C=O) groups is 1. The highest BCUT2D eigenvalue weighted by atomic mass is 16.5. The SMILES string of the molecule is CCN1CCOC(CNc2ccc(C(=O)O)o2)C1. The highest BCUT2D eigenvalue weighted by Gasteiger charge is 2.19. The molecule has 1 aromatic heterocycles. The van der Waals surface area contributed by atoms with Gasteiger partial charge in [0.15, 0.2) is 5.88 Å². The van der Waals surface area contributed by atoms with Gasteiger partial charge in [-0.3, -0.25) is 4.90 Å². The van der Waals surface area contributed by atoms with Gasteiger partial charge in [0.1, 0.15) is 0 Å². The Bertz CT molecular complexity index is 405. The summed E-state index contributed by atoms with van der Waals surface area (Å²) in [5.41, 5.74) is 0. The number of carboxylic acid groups (broad SMARTS) is 1. The molecule has 18 heavy (non-hydrogen) atoms. The first kappa shape index (κ1) is 12.9. The minimum absolute atomic E-state index is 0.0581. The van der Waals surface area contributed by atoms with Crippen LogP contribution >= 0.6 is 0 Å². The summed E-state index contributed by atoms with van der Waals surface area (Å²) in [4.78, 5) is 13.0. The maximum atomic E-state index is 10.6. The number of carboxylic acids is 1. The van der Waals surface area contributed by atoms with Gasteiger partial charge in [0, 0.05) is 25.7 Å². The van der Waals surface area contributed by atoms with Gasteiger partial charge in [0.25, 0.3) is 0 Å². The lowest BCUT2D eigenvalue weighted by atomic mass is 10.2. The zero-order chi connectivity index (χ0) is 13.0. The van der Waals surface area contributed by atoms with Crippen molar-refractivity contribution >= 4 is 11.9 Å². The third-order valence-corrected chi connectivity index (χ3v) is 2.99. The Morgan fingerprint density at radius 3 is 3.11 bits per heavy atom. The summed E-state index contributed by atoms with van der Waals surface area (Å²) in [6, 6.07) is 3.05. The van der Waals surface area contributed by atoms with E-state index in [9.17, 15) is 4.79 Å². The highest BCUT2D eigenvalue weighted by molar-refractivity contribution is 5.84. The van der Waals surface area contributed by atoms with Gasteiger partial charge < -0.3 is 19.6 Å². The van der Waals surface area contributed by atoms with E-state index in [2.05, 4.69) is 17.1 Å². The molecule has 1 aromatic rings. The van der Waals surface area contributed by atoms with E-state index in [1.807, 2.05) is 0 Å². The third kappa shape index (κ3) is 3.24. The number of likely N-dealkylation sites (N-methyl/N-ethyl adjacent to an activating group) is 1. The van der Waals surface area contributed by atoms with Crippen LogP contribution in [-0.4, -0.2) is 54.9 Å². The van der Waals surface area contributed by atoms with E-state index < -0.39 is 5.97 Å². The number of nitrogens with zero attached hydrogens (tertiary/aromatic N) is 1. The lowest BCUT2D eigenvalue weighted by Gasteiger charge is -2.32. The summed E-state index contributed by atoms with van der Waals surface area (Å²) in [7, 11) is 0. The predicted molar refractivity (Wildman–Crippen MR) is 66.0 cm³/mol. The maximum absolute atomic E-state index is 10.6. The normalized spacial score (nSPS) is 20.8. The standard InChI is InChI=1S/C12H18N2O4/c1-2-14-5-6-17-9(8-14)7-13-11-4-3-10(18-11)12(15)16/h3-4,9,13H,2,5-8H2,1H3,(H,15,16). The molecule has 1 unspecified atom stereocenters. The van der Waals surface area contributed by atoms with E-state index in [0.717, 1.165) is 26.2 Å². The summed E-state index contributed by atoms with van der Waals surface area (Å²) >= 11 is 0. The van der Waals surface area contributed by atoms with Gasteiger partial charge in [-0.2, -0.15) is 0 Å². The first-order valence-corrected chi connectivity index (χ1v) is 6.10. The zero-order valence-electron chi connectivity index (χ0n) is 10.4. The van der Waals surface area contributed by atoms with Crippen LogP contribution in [0.1, 0.15) is 17.5 Å². The van der Waals surface area contributed by atoms with Crippen molar-refractivity contribution in [2.75, 3.05) is 38.1 Å². The molecular formula is C12H18N2O4. The second-order valence-electron chi connectivity index (χ2n) is 4.24. The van der Waals surface area contributed by atoms with E-state index in [4.69, 9.17) is 14.3 Å². The fourth-order valence-electron chi connectivity index (χ4n) is 1.95. The predicted octanol–water partition coefficient (Wildman–Crippen LogP) is 1.11. The number of rotatable bonds is 5. The fourth-order valence-corrected chi connectivity index (χ4v) is 1.95. The summed E-state index contributed by atoms with van der Waals surface area (Å²) < 4.78 is 10.7. The molecule has 100 valence electrons. The summed E-state index contributed by atoms with van der Waals surface area (Å²) in [6.45, 7) is 6.35. The maximum Gasteiger partial charge on any atom is 0.371 e. The lowest BCUT2D eigenvalue weighted by molar-refractivity contribution is -0.0193. The largest absolute Gasteiger partial charge is 0.475 e. The number of nitrogens with one attached hydrogen (secondary N) is 1. The molecule has 0 aliphatic carbocycles. The van der Waals surface area contributed by atoms with Crippen molar-refractivity contribution in [2.45, 2.75) is 13.0 Å². The molecule has 2 heterocycles. The molecule has 0 aromatic carbocycles. The van der Waals surface area contributed by atoms with Crippen molar-refractivity contribution < 1.29 is 19.1 Å². The van der Waals surface area contributed by atoms with Gasteiger partial charge in [0.05, 0.1) is 12.7 Å². The van der Waals surface area contributed by atoms with Crippen molar-refractivity contribution in [3.05, 3.63) is 17.9 Å². The monoisotopic (exact) mass is 254 g/mol. The Balaban J connectivity index is 1.81. The van der Waals surface area contributed by atoms with E-state index >= 15 is 0 Å². The summed E-state index contributed by atoms with van der Waals surface area (Å²) in [5, 5.41) is 11.8. The highest BCUT2D eigenvalue weighted by Crippen LogP contribution is 2.14. The van der Waals surface area contributed by atoms with Crippen molar-refractivity contribution in [1.82, 2.24) is 4.90 Å². The van der Waals surface area contributed by atoms with E-state index in [0.29, 0.717) is 12.4 Å². The topological polar surface area (TPSA) is 74.9 Å². The smallest absolute Gasteiger partial charge is 0.371 e. The first-order chi connectivity index (χ1) is 8.69. The molecule has 0 saturated carbocycles. The zero-order valence-corrected chi connectivity index (χ0v) is 10.4. The van der Waals surface area contributed by atoms with E-state index in [-0.39, 0.29) is 11.9 Å². The molecule has 1 aliphatic rings. The van der Waals surface area contributed by atoms with E-state index in [1.165, 1.54) is 6.07 Å². The molecule has 2 N–H and O–H groups in total.